The van der Waals surface area contributed by atoms with Crippen molar-refractivity contribution in [1.29, 1.82) is 0 Å². The summed E-state index contributed by atoms with van der Waals surface area (Å²) in [6, 6.07) is 6.09. The highest BCUT2D eigenvalue weighted by molar-refractivity contribution is 5.82. The van der Waals surface area contributed by atoms with Crippen molar-refractivity contribution in [2.45, 2.75) is 0 Å². The highest BCUT2D eigenvalue weighted by Crippen LogP contribution is 2.14. The summed E-state index contributed by atoms with van der Waals surface area (Å²) < 4.78 is 14.6. The standard InChI is InChI=1S/C10H8FN3O2/c11-8-3-1-2-4-9(8)14-6-7(5-12-14)13-10(15)16/h1-6,13H,(H,15,16). The van der Waals surface area contributed by atoms with Gasteiger partial charge in [0.25, 0.3) is 0 Å². The summed E-state index contributed by atoms with van der Waals surface area (Å²) in [5, 5.41) is 14.5. The highest BCUT2D eigenvalue weighted by Gasteiger charge is 2.06. The van der Waals surface area contributed by atoms with Crippen LogP contribution >= 0.6 is 0 Å². The van der Waals surface area contributed by atoms with Crippen LogP contribution in [-0.2, 0) is 0 Å². The number of aromatic nitrogens is 2. The normalized spacial score (nSPS) is 10.1. The smallest absolute Gasteiger partial charge is 0.409 e. The minimum absolute atomic E-state index is 0.265. The van der Waals surface area contributed by atoms with Crippen LogP contribution in [-0.4, -0.2) is 21.0 Å². The third-order valence-electron chi connectivity index (χ3n) is 1.93. The Morgan fingerprint density at radius 1 is 1.44 bits per heavy atom. The Morgan fingerprint density at radius 2 is 2.19 bits per heavy atom. The third kappa shape index (κ3) is 2.00. The van der Waals surface area contributed by atoms with Crippen molar-refractivity contribution >= 4 is 11.8 Å². The van der Waals surface area contributed by atoms with Gasteiger partial charge in [-0.25, -0.2) is 13.9 Å². The van der Waals surface area contributed by atoms with Crippen LogP contribution in [0.5, 0.6) is 0 Å². The fourth-order valence-electron chi connectivity index (χ4n) is 1.28. The summed E-state index contributed by atoms with van der Waals surface area (Å²) in [7, 11) is 0. The topological polar surface area (TPSA) is 67.2 Å². The Labute approximate surface area is 90.1 Å². The molecule has 2 rings (SSSR count). The fraction of sp³-hybridized carbons (Fsp3) is 0. The van der Waals surface area contributed by atoms with Crippen LogP contribution in [0.4, 0.5) is 14.9 Å². The molecule has 0 saturated carbocycles. The lowest BCUT2D eigenvalue weighted by atomic mass is 10.3. The average molecular weight is 221 g/mol. The number of hydrogen-bond donors (Lipinski definition) is 2. The van der Waals surface area contributed by atoms with Crippen LogP contribution in [0.1, 0.15) is 0 Å². The number of carboxylic acid groups (broad SMARTS) is 1. The molecule has 1 aromatic heterocycles. The molecule has 0 spiro atoms. The second-order valence-corrected chi connectivity index (χ2v) is 3.06. The summed E-state index contributed by atoms with van der Waals surface area (Å²) in [4.78, 5) is 10.4. The molecule has 0 unspecified atom stereocenters. The lowest BCUT2D eigenvalue weighted by Gasteiger charge is -2.01. The van der Waals surface area contributed by atoms with E-state index in [1.165, 1.54) is 23.1 Å². The van der Waals surface area contributed by atoms with Gasteiger partial charge in [0.2, 0.25) is 0 Å². The van der Waals surface area contributed by atoms with Gasteiger partial charge in [-0.15, -0.1) is 0 Å². The van der Waals surface area contributed by atoms with E-state index in [1.54, 1.807) is 18.2 Å². The maximum Gasteiger partial charge on any atom is 0.409 e. The second-order valence-electron chi connectivity index (χ2n) is 3.06. The Balaban J connectivity index is 2.32. The maximum atomic E-state index is 13.3. The van der Waals surface area contributed by atoms with Crippen LogP contribution in [0.25, 0.3) is 5.69 Å². The quantitative estimate of drug-likeness (QED) is 0.816. The van der Waals surface area contributed by atoms with Gasteiger partial charge in [0.1, 0.15) is 11.5 Å². The molecule has 1 aromatic carbocycles. The lowest BCUT2D eigenvalue weighted by Crippen LogP contribution is -2.06. The van der Waals surface area contributed by atoms with Gasteiger partial charge < -0.3 is 5.11 Å². The molecule has 0 aliphatic carbocycles. The number of benzene rings is 1. The molecule has 0 radical (unpaired) electrons. The van der Waals surface area contributed by atoms with E-state index in [1.807, 2.05) is 0 Å². The molecular weight excluding hydrogens is 213 g/mol. The first-order valence-electron chi connectivity index (χ1n) is 4.46. The molecule has 2 N–H and O–H groups in total. The molecule has 0 bridgehead atoms. The Hall–Kier alpha value is -2.37. The molecule has 16 heavy (non-hydrogen) atoms. The van der Waals surface area contributed by atoms with Gasteiger partial charge in [0.05, 0.1) is 18.1 Å². The number of anilines is 1. The number of halogens is 1. The molecular formula is C10H8FN3O2. The van der Waals surface area contributed by atoms with Gasteiger partial charge in [0.15, 0.2) is 0 Å². The van der Waals surface area contributed by atoms with Crippen molar-refractivity contribution in [2.75, 3.05) is 5.32 Å². The maximum absolute atomic E-state index is 13.3. The van der Waals surface area contributed by atoms with Gasteiger partial charge in [0, 0.05) is 0 Å². The number of nitrogens with zero attached hydrogens (tertiary/aromatic N) is 2. The molecule has 6 heteroatoms. The summed E-state index contributed by atoms with van der Waals surface area (Å²) >= 11 is 0. The summed E-state index contributed by atoms with van der Waals surface area (Å²) in [5.74, 6) is -0.424. The molecule has 2 aromatic rings. The third-order valence-corrected chi connectivity index (χ3v) is 1.93. The summed E-state index contributed by atoms with van der Waals surface area (Å²) in [6.07, 6.45) is 1.51. The van der Waals surface area contributed by atoms with Gasteiger partial charge in [-0.1, -0.05) is 12.1 Å². The molecule has 0 saturated heterocycles. The number of amides is 1. The minimum Gasteiger partial charge on any atom is -0.465 e. The number of carbonyl (C=O) groups is 1. The minimum atomic E-state index is -1.19. The van der Waals surface area contributed by atoms with Crippen molar-refractivity contribution in [3.63, 3.8) is 0 Å². The van der Waals surface area contributed by atoms with Gasteiger partial charge in [-0.3, -0.25) is 5.32 Å². The molecule has 1 amide bonds. The predicted octanol–water partition coefficient (Wildman–Crippen LogP) is 2.10. The molecule has 1 heterocycles. The lowest BCUT2D eigenvalue weighted by molar-refractivity contribution is 0.210. The van der Waals surface area contributed by atoms with E-state index < -0.39 is 11.9 Å². The summed E-state index contributed by atoms with van der Waals surface area (Å²) in [5.41, 5.74) is 0.552. The zero-order chi connectivity index (χ0) is 11.5. The monoisotopic (exact) mass is 221 g/mol. The Kier molecular flexibility index (Phi) is 2.55. The zero-order valence-corrected chi connectivity index (χ0v) is 8.09. The van der Waals surface area contributed by atoms with Crippen molar-refractivity contribution in [3.8, 4) is 5.69 Å². The van der Waals surface area contributed by atoms with E-state index in [9.17, 15) is 9.18 Å². The summed E-state index contributed by atoms with van der Waals surface area (Å²) in [6.45, 7) is 0. The van der Waals surface area contributed by atoms with Crippen molar-refractivity contribution in [1.82, 2.24) is 9.78 Å². The first kappa shape index (κ1) is 10.2. The van der Waals surface area contributed by atoms with E-state index in [0.29, 0.717) is 0 Å². The highest BCUT2D eigenvalue weighted by atomic mass is 19.1. The van der Waals surface area contributed by atoms with Crippen LogP contribution in [0.15, 0.2) is 36.7 Å². The number of hydrogen-bond acceptors (Lipinski definition) is 2. The van der Waals surface area contributed by atoms with E-state index >= 15 is 0 Å². The van der Waals surface area contributed by atoms with E-state index in [2.05, 4.69) is 10.4 Å². The van der Waals surface area contributed by atoms with E-state index in [4.69, 9.17) is 5.11 Å². The number of para-hydroxylation sites is 1. The molecule has 0 atom stereocenters. The molecule has 82 valence electrons. The first-order valence-corrected chi connectivity index (χ1v) is 4.46. The number of nitrogens with one attached hydrogen (secondary N) is 1. The first-order chi connectivity index (χ1) is 7.66. The van der Waals surface area contributed by atoms with E-state index in [-0.39, 0.29) is 11.4 Å². The number of rotatable bonds is 2. The Bertz CT molecular complexity index is 524. The SMILES string of the molecule is O=C(O)Nc1cnn(-c2ccccc2F)c1. The van der Waals surface area contributed by atoms with Crippen LogP contribution in [0.2, 0.25) is 0 Å². The van der Waals surface area contributed by atoms with Gasteiger partial charge in [-0.2, -0.15) is 5.10 Å². The van der Waals surface area contributed by atoms with Gasteiger partial charge >= 0.3 is 6.09 Å². The second kappa shape index (κ2) is 4.01. The fourth-order valence-corrected chi connectivity index (χ4v) is 1.28. The van der Waals surface area contributed by atoms with Crippen molar-refractivity contribution < 1.29 is 14.3 Å². The molecule has 0 aliphatic rings. The van der Waals surface area contributed by atoms with E-state index in [0.717, 1.165) is 0 Å². The predicted molar refractivity (Wildman–Crippen MR) is 55.2 cm³/mol. The molecule has 5 nitrogen and oxygen atoms in total. The molecule has 0 fully saturated rings. The van der Waals surface area contributed by atoms with Crippen LogP contribution in [0, 0.1) is 5.82 Å². The van der Waals surface area contributed by atoms with Crippen LogP contribution < -0.4 is 5.32 Å². The van der Waals surface area contributed by atoms with Crippen molar-refractivity contribution in [2.24, 2.45) is 0 Å². The van der Waals surface area contributed by atoms with Crippen LogP contribution in [0.3, 0.4) is 0 Å². The van der Waals surface area contributed by atoms with Gasteiger partial charge in [-0.05, 0) is 12.1 Å². The zero-order valence-electron chi connectivity index (χ0n) is 8.09. The largest absolute Gasteiger partial charge is 0.465 e. The molecule has 0 aliphatic heterocycles. The average Bonchev–Trinajstić information content (AvgIpc) is 2.66. The van der Waals surface area contributed by atoms with Crippen molar-refractivity contribution in [3.05, 3.63) is 42.5 Å². The Morgan fingerprint density at radius 3 is 2.88 bits per heavy atom.